The van der Waals surface area contributed by atoms with Crippen LogP contribution in [0.1, 0.15) is 149 Å². The topological polar surface area (TPSA) is 134 Å². The molecule has 0 aromatic rings. The van der Waals surface area contributed by atoms with E-state index in [4.69, 9.17) is 24.3 Å². The molecule has 9 nitrogen and oxygen atoms in total. The van der Waals surface area contributed by atoms with Crippen LogP contribution in [0.3, 0.4) is 0 Å². The zero-order chi connectivity index (χ0) is 31.2. The molecule has 0 aliphatic heterocycles. The number of hydrogen-bond donors (Lipinski definition) is 2. The van der Waals surface area contributed by atoms with E-state index in [0.717, 1.165) is 57.8 Å². The minimum Gasteiger partial charge on any atom is -0.462 e. The van der Waals surface area contributed by atoms with E-state index in [1.54, 1.807) is 0 Å². The number of phosphoric acid groups is 1. The third-order valence-electron chi connectivity index (χ3n) is 6.90. The molecule has 1 unspecified atom stereocenters. The van der Waals surface area contributed by atoms with Crippen LogP contribution in [0.5, 0.6) is 0 Å². The first-order valence-corrected chi connectivity index (χ1v) is 18.2. The lowest BCUT2D eigenvalue weighted by Crippen LogP contribution is -2.29. The van der Waals surface area contributed by atoms with Gasteiger partial charge in [0.05, 0.1) is 13.2 Å². The van der Waals surface area contributed by atoms with E-state index in [9.17, 15) is 19.0 Å². The molecule has 248 valence electrons. The largest absolute Gasteiger partial charge is 0.472 e. The van der Waals surface area contributed by atoms with Gasteiger partial charge in [-0.3, -0.25) is 18.6 Å². The Bertz CT molecular complexity index is 719. The van der Waals surface area contributed by atoms with E-state index >= 15 is 0 Å². The summed E-state index contributed by atoms with van der Waals surface area (Å²) >= 11 is 0. The lowest BCUT2D eigenvalue weighted by molar-refractivity contribution is -0.161. The summed E-state index contributed by atoms with van der Waals surface area (Å²) < 4.78 is 32.4. The summed E-state index contributed by atoms with van der Waals surface area (Å²) in [5, 5.41) is 0. The second-order valence-electron chi connectivity index (χ2n) is 11.0. The predicted molar refractivity (Wildman–Crippen MR) is 169 cm³/mol. The molecule has 0 saturated carbocycles. The van der Waals surface area contributed by atoms with Gasteiger partial charge in [-0.15, -0.1) is 0 Å². The molecule has 10 heteroatoms. The Labute approximate surface area is 256 Å². The van der Waals surface area contributed by atoms with Crippen LogP contribution < -0.4 is 5.73 Å². The Morgan fingerprint density at radius 3 is 1.69 bits per heavy atom. The van der Waals surface area contributed by atoms with Crippen molar-refractivity contribution in [2.45, 2.75) is 155 Å². The molecule has 0 spiro atoms. The molecule has 0 aliphatic rings. The van der Waals surface area contributed by atoms with Gasteiger partial charge in [0.2, 0.25) is 0 Å². The van der Waals surface area contributed by atoms with Crippen molar-refractivity contribution in [2.24, 2.45) is 5.73 Å². The van der Waals surface area contributed by atoms with Crippen LogP contribution in [0.2, 0.25) is 0 Å². The number of ether oxygens (including phenoxy) is 2. The number of allylic oxidation sites excluding steroid dienone is 2. The molecule has 0 heterocycles. The molecule has 0 aromatic carbocycles. The maximum absolute atomic E-state index is 12.4. The summed E-state index contributed by atoms with van der Waals surface area (Å²) in [6.45, 7) is 3.62. The molecule has 0 bridgehead atoms. The van der Waals surface area contributed by atoms with Crippen LogP contribution in [-0.4, -0.2) is 49.3 Å². The van der Waals surface area contributed by atoms with E-state index < -0.39 is 32.5 Å². The molecule has 0 amide bonds. The average molecular weight is 620 g/mol. The Morgan fingerprint density at radius 2 is 1.17 bits per heavy atom. The zero-order valence-corrected chi connectivity index (χ0v) is 27.6. The minimum absolute atomic E-state index is 0.0539. The number of esters is 2. The summed E-state index contributed by atoms with van der Waals surface area (Å²) in [5.74, 6) is -0.848. The third-order valence-corrected chi connectivity index (χ3v) is 7.89. The fraction of sp³-hybridized carbons (Fsp3) is 0.875. The highest BCUT2D eigenvalue weighted by Gasteiger charge is 2.25. The van der Waals surface area contributed by atoms with Crippen molar-refractivity contribution in [3.05, 3.63) is 12.2 Å². The van der Waals surface area contributed by atoms with Gasteiger partial charge in [-0.2, -0.15) is 0 Å². The van der Waals surface area contributed by atoms with Gasteiger partial charge in [0, 0.05) is 19.4 Å². The fourth-order valence-corrected chi connectivity index (χ4v) is 5.16. The maximum atomic E-state index is 12.4. The van der Waals surface area contributed by atoms with Crippen LogP contribution in [0.25, 0.3) is 0 Å². The van der Waals surface area contributed by atoms with Crippen molar-refractivity contribution < 1.29 is 37.6 Å². The molecule has 0 aliphatic carbocycles. The summed E-state index contributed by atoms with van der Waals surface area (Å²) in [4.78, 5) is 34.3. The quantitative estimate of drug-likeness (QED) is 0.0340. The summed E-state index contributed by atoms with van der Waals surface area (Å²) in [7, 11) is -4.36. The highest BCUT2D eigenvalue weighted by atomic mass is 31.2. The number of nitrogens with two attached hydrogens (primary N) is 1. The standard InChI is InChI=1S/C32H62NO8P/c1-3-5-7-9-11-12-13-14-15-16-17-18-19-21-23-25-32(35)41-30(29-40-42(36,37)39-27-26-33)28-38-31(34)24-22-20-10-8-6-4-2/h14-15,30H,3-13,16-29,33H2,1-2H3,(H,36,37)/b15-14-/t30-/m1/s1. The Kier molecular flexibility index (Phi) is 28.9. The lowest BCUT2D eigenvalue weighted by atomic mass is 10.1. The number of carbonyl (C=O) groups excluding carboxylic acids is 2. The first kappa shape index (κ1) is 40.8. The molecule has 0 fully saturated rings. The van der Waals surface area contributed by atoms with Crippen molar-refractivity contribution >= 4 is 19.8 Å². The van der Waals surface area contributed by atoms with E-state index in [2.05, 4.69) is 26.0 Å². The monoisotopic (exact) mass is 619 g/mol. The molecule has 0 saturated heterocycles. The lowest BCUT2D eigenvalue weighted by Gasteiger charge is -2.19. The van der Waals surface area contributed by atoms with E-state index in [1.807, 2.05) is 0 Å². The normalized spacial score (nSPS) is 13.7. The van der Waals surface area contributed by atoms with Crippen LogP contribution in [0.15, 0.2) is 12.2 Å². The minimum atomic E-state index is -4.36. The molecule has 2 atom stereocenters. The molecule has 42 heavy (non-hydrogen) atoms. The van der Waals surface area contributed by atoms with Gasteiger partial charge in [0.15, 0.2) is 6.10 Å². The molecule has 0 aromatic heterocycles. The Morgan fingerprint density at radius 1 is 0.690 bits per heavy atom. The van der Waals surface area contributed by atoms with Crippen LogP contribution >= 0.6 is 7.82 Å². The highest BCUT2D eigenvalue weighted by molar-refractivity contribution is 7.47. The Hall–Kier alpha value is -1.25. The number of carbonyl (C=O) groups is 2. The SMILES string of the molecule is CCCCCCCC/C=C\CCCCCCCC(=O)O[C@H](COC(=O)CCCCCCCC)COP(=O)(O)OCCN. The van der Waals surface area contributed by atoms with Crippen LogP contribution in [0, 0.1) is 0 Å². The first-order chi connectivity index (χ1) is 20.3. The number of phosphoric ester groups is 1. The van der Waals surface area contributed by atoms with E-state index in [0.29, 0.717) is 6.42 Å². The Balaban J connectivity index is 4.23. The maximum Gasteiger partial charge on any atom is 0.472 e. The molecule has 0 radical (unpaired) electrons. The number of hydrogen-bond acceptors (Lipinski definition) is 8. The number of rotatable bonds is 31. The zero-order valence-electron chi connectivity index (χ0n) is 26.7. The van der Waals surface area contributed by atoms with Gasteiger partial charge in [-0.25, -0.2) is 4.57 Å². The van der Waals surface area contributed by atoms with Gasteiger partial charge in [-0.05, 0) is 38.5 Å². The summed E-state index contributed by atoms with van der Waals surface area (Å²) in [6.07, 6.45) is 25.6. The third kappa shape index (κ3) is 28.9. The van der Waals surface area contributed by atoms with Gasteiger partial charge in [0.1, 0.15) is 6.61 Å². The van der Waals surface area contributed by atoms with Crippen molar-refractivity contribution in [2.75, 3.05) is 26.4 Å². The van der Waals surface area contributed by atoms with Crippen LogP contribution in [-0.2, 0) is 32.7 Å². The molecule has 3 N–H and O–H groups in total. The van der Waals surface area contributed by atoms with Gasteiger partial charge < -0.3 is 20.1 Å². The molecular weight excluding hydrogens is 557 g/mol. The van der Waals surface area contributed by atoms with Crippen LogP contribution in [0.4, 0.5) is 0 Å². The average Bonchev–Trinajstić information content (AvgIpc) is 2.97. The van der Waals surface area contributed by atoms with E-state index in [-0.39, 0.29) is 32.6 Å². The van der Waals surface area contributed by atoms with Gasteiger partial charge >= 0.3 is 19.8 Å². The van der Waals surface area contributed by atoms with Gasteiger partial charge in [0.25, 0.3) is 0 Å². The first-order valence-electron chi connectivity index (χ1n) is 16.7. The molecule has 0 rings (SSSR count). The van der Waals surface area contributed by atoms with Crippen molar-refractivity contribution in [3.63, 3.8) is 0 Å². The predicted octanol–water partition coefficient (Wildman–Crippen LogP) is 8.32. The second-order valence-corrected chi connectivity index (χ2v) is 12.5. The molecular formula is C32H62NO8P. The van der Waals surface area contributed by atoms with Crippen molar-refractivity contribution in [1.82, 2.24) is 0 Å². The van der Waals surface area contributed by atoms with Crippen molar-refractivity contribution in [3.8, 4) is 0 Å². The second kappa shape index (κ2) is 29.8. The van der Waals surface area contributed by atoms with Gasteiger partial charge in [-0.1, -0.05) is 109 Å². The van der Waals surface area contributed by atoms with E-state index in [1.165, 1.54) is 57.8 Å². The highest BCUT2D eigenvalue weighted by Crippen LogP contribution is 2.43. The number of unbranched alkanes of at least 4 members (excludes halogenated alkanes) is 16. The summed E-state index contributed by atoms with van der Waals surface area (Å²) in [6, 6.07) is 0. The smallest absolute Gasteiger partial charge is 0.462 e. The van der Waals surface area contributed by atoms with Crippen molar-refractivity contribution in [1.29, 1.82) is 0 Å². The summed E-state index contributed by atoms with van der Waals surface area (Å²) in [5.41, 5.74) is 5.30. The fourth-order valence-electron chi connectivity index (χ4n) is 4.39.